The average molecular weight is 391 g/mol. The van der Waals surface area contributed by atoms with E-state index in [0.29, 0.717) is 5.92 Å². The summed E-state index contributed by atoms with van der Waals surface area (Å²) < 4.78 is 5.23. The Morgan fingerprint density at radius 1 is 1.07 bits per heavy atom. The number of pyridine rings is 1. The minimum absolute atomic E-state index is 0.102. The monoisotopic (exact) mass is 390 g/mol. The Morgan fingerprint density at radius 2 is 1.86 bits per heavy atom. The van der Waals surface area contributed by atoms with Gasteiger partial charge in [-0.2, -0.15) is 0 Å². The number of rotatable bonds is 5. The number of carbonyl (C=O) groups is 1. The number of carbonyl (C=O) groups excluding carboxylic acids is 1. The van der Waals surface area contributed by atoms with Gasteiger partial charge in [0.05, 0.1) is 7.11 Å². The summed E-state index contributed by atoms with van der Waals surface area (Å²) in [5.74, 6) is 1.34. The van der Waals surface area contributed by atoms with Crippen LogP contribution < -0.4 is 4.74 Å². The van der Waals surface area contributed by atoms with Crippen molar-refractivity contribution < 1.29 is 9.53 Å². The molecule has 4 nitrogen and oxygen atoms in total. The maximum absolute atomic E-state index is 12.9. The van der Waals surface area contributed by atoms with Crippen LogP contribution in [0.1, 0.15) is 28.3 Å². The lowest BCUT2D eigenvalue weighted by Gasteiger charge is -2.17. The van der Waals surface area contributed by atoms with Crippen LogP contribution in [0.4, 0.5) is 0 Å². The number of ether oxygens (including phenoxy) is 1. The number of nitrogens with zero attached hydrogens (tertiary/aromatic N) is 2. The second kappa shape index (κ2) is 8.48. The SMILES string of the molecule is COc1ccc(C2CCN(C(=O)c3ccc(Sc4ccccn4)cc3)C2)cc1. The van der Waals surface area contributed by atoms with Gasteiger partial charge in [-0.1, -0.05) is 30.0 Å². The van der Waals surface area contributed by atoms with Crippen molar-refractivity contribution in [2.45, 2.75) is 22.3 Å². The van der Waals surface area contributed by atoms with Crippen LogP contribution in [0.3, 0.4) is 0 Å². The topological polar surface area (TPSA) is 42.4 Å². The van der Waals surface area contributed by atoms with E-state index >= 15 is 0 Å². The van der Waals surface area contributed by atoms with E-state index in [1.165, 1.54) is 5.56 Å². The summed E-state index contributed by atoms with van der Waals surface area (Å²) in [4.78, 5) is 20.2. The fourth-order valence-electron chi connectivity index (χ4n) is 3.47. The molecule has 1 amide bonds. The van der Waals surface area contributed by atoms with Gasteiger partial charge in [-0.15, -0.1) is 0 Å². The zero-order valence-electron chi connectivity index (χ0n) is 15.7. The molecule has 1 aromatic heterocycles. The molecule has 1 fully saturated rings. The summed E-state index contributed by atoms with van der Waals surface area (Å²) in [5.41, 5.74) is 2.00. The molecule has 2 aromatic carbocycles. The van der Waals surface area contributed by atoms with Crippen LogP contribution in [0.2, 0.25) is 0 Å². The highest BCUT2D eigenvalue weighted by molar-refractivity contribution is 7.99. The van der Waals surface area contributed by atoms with Gasteiger partial charge in [-0.3, -0.25) is 4.79 Å². The number of benzene rings is 2. The lowest BCUT2D eigenvalue weighted by Crippen LogP contribution is -2.28. The highest BCUT2D eigenvalue weighted by Gasteiger charge is 2.27. The summed E-state index contributed by atoms with van der Waals surface area (Å²) in [7, 11) is 1.67. The molecule has 1 aliphatic rings. The average Bonchev–Trinajstić information content (AvgIpc) is 3.25. The first-order valence-corrected chi connectivity index (χ1v) is 10.2. The second-order valence-electron chi connectivity index (χ2n) is 6.80. The van der Waals surface area contributed by atoms with Gasteiger partial charge in [0.1, 0.15) is 10.8 Å². The van der Waals surface area contributed by atoms with E-state index in [1.807, 2.05) is 59.5 Å². The molecular weight excluding hydrogens is 368 g/mol. The first-order valence-electron chi connectivity index (χ1n) is 9.35. The third-order valence-corrected chi connectivity index (χ3v) is 5.98. The molecule has 0 bridgehead atoms. The van der Waals surface area contributed by atoms with E-state index in [-0.39, 0.29) is 5.91 Å². The Hall–Kier alpha value is -2.79. The molecule has 1 aliphatic heterocycles. The molecule has 0 radical (unpaired) electrons. The Labute approximate surface area is 169 Å². The van der Waals surface area contributed by atoms with Gasteiger partial charge in [0.15, 0.2) is 0 Å². The molecular formula is C23H22N2O2S. The number of amides is 1. The molecule has 1 unspecified atom stereocenters. The Bertz CT molecular complexity index is 927. The van der Waals surface area contributed by atoms with Crippen molar-refractivity contribution in [2.24, 2.45) is 0 Å². The number of likely N-dealkylation sites (tertiary alicyclic amines) is 1. The van der Waals surface area contributed by atoms with E-state index in [4.69, 9.17) is 4.74 Å². The minimum Gasteiger partial charge on any atom is -0.497 e. The molecule has 0 N–H and O–H groups in total. The van der Waals surface area contributed by atoms with Crippen LogP contribution in [0, 0.1) is 0 Å². The smallest absolute Gasteiger partial charge is 0.253 e. The first-order chi connectivity index (χ1) is 13.7. The number of hydrogen-bond acceptors (Lipinski definition) is 4. The van der Waals surface area contributed by atoms with Gasteiger partial charge in [0.25, 0.3) is 5.91 Å². The van der Waals surface area contributed by atoms with Crippen LogP contribution in [0.25, 0.3) is 0 Å². The lowest BCUT2D eigenvalue weighted by molar-refractivity contribution is 0.0790. The lowest BCUT2D eigenvalue weighted by atomic mass is 9.98. The van der Waals surface area contributed by atoms with Gasteiger partial charge >= 0.3 is 0 Å². The molecule has 2 heterocycles. The molecule has 142 valence electrons. The quantitative estimate of drug-likeness (QED) is 0.623. The van der Waals surface area contributed by atoms with Gasteiger partial charge in [0.2, 0.25) is 0 Å². The molecule has 0 saturated carbocycles. The van der Waals surface area contributed by atoms with E-state index in [9.17, 15) is 4.79 Å². The number of aromatic nitrogens is 1. The predicted molar refractivity (Wildman–Crippen MR) is 111 cm³/mol. The highest BCUT2D eigenvalue weighted by Crippen LogP contribution is 2.30. The summed E-state index contributed by atoms with van der Waals surface area (Å²) in [6.45, 7) is 1.55. The molecule has 28 heavy (non-hydrogen) atoms. The van der Waals surface area contributed by atoms with Crippen LogP contribution in [0.5, 0.6) is 5.75 Å². The maximum atomic E-state index is 12.9. The van der Waals surface area contributed by atoms with E-state index in [0.717, 1.165) is 40.7 Å². The molecule has 0 spiro atoms. The van der Waals surface area contributed by atoms with Gasteiger partial charge in [-0.25, -0.2) is 4.98 Å². The zero-order valence-corrected chi connectivity index (χ0v) is 16.6. The first kappa shape index (κ1) is 18.6. The van der Waals surface area contributed by atoms with Crippen LogP contribution >= 0.6 is 11.8 Å². The normalized spacial score (nSPS) is 16.2. The molecule has 1 saturated heterocycles. The Balaban J connectivity index is 1.39. The van der Waals surface area contributed by atoms with E-state index in [2.05, 4.69) is 17.1 Å². The standard InChI is InChI=1S/C23H22N2O2S/c1-27-20-9-5-17(6-10-20)19-13-15-25(16-19)23(26)18-7-11-21(12-8-18)28-22-4-2-3-14-24-22/h2-12,14,19H,13,15-16H2,1H3. The number of hydrogen-bond donors (Lipinski definition) is 0. The Kier molecular flexibility index (Phi) is 5.63. The fraction of sp³-hybridized carbons (Fsp3) is 0.217. The summed E-state index contributed by atoms with van der Waals surface area (Å²) in [5, 5.41) is 0.948. The van der Waals surface area contributed by atoms with Crippen molar-refractivity contribution in [3.05, 3.63) is 84.1 Å². The predicted octanol–water partition coefficient (Wildman–Crippen LogP) is 4.87. The van der Waals surface area contributed by atoms with Crippen LogP contribution in [0.15, 0.2) is 82.8 Å². The van der Waals surface area contributed by atoms with Gasteiger partial charge in [-0.05, 0) is 60.5 Å². The van der Waals surface area contributed by atoms with Crippen LogP contribution in [-0.2, 0) is 0 Å². The molecule has 4 rings (SSSR count). The summed E-state index contributed by atoms with van der Waals surface area (Å²) in [6.07, 6.45) is 2.78. The van der Waals surface area contributed by atoms with Gasteiger partial charge < -0.3 is 9.64 Å². The van der Waals surface area contributed by atoms with Crippen LogP contribution in [-0.4, -0.2) is 36.0 Å². The molecule has 3 aromatic rings. The fourth-order valence-corrected chi connectivity index (χ4v) is 4.24. The third-order valence-electron chi connectivity index (χ3n) is 5.02. The Morgan fingerprint density at radius 3 is 2.54 bits per heavy atom. The largest absolute Gasteiger partial charge is 0.497 e. The van der Waals surface area contributed by atoms with Crippen molar-refractivity contribution in [1.29, 1.82) is 0 Å². The summed E-state index contributed by atoms with van der Waals surface area (Å²) in [6, 6.07) is 21.8. The van der Waals surface area contributed by atoms with Crippen molar-refractivity contribution in [3.63, 3.8) is 0 Å². The highest BCUT2D eigenvalue weighted by atomic mass is 32.2. The number of methoxy groups -OCH3 is 1. The van der Waals surface area contributed by atoms with Crippen molar-refractivity contribution in [1.82, 2.24) is 9.88 Å². The third kappa shape index (κ3) is 4.20. The van der Waals surface area contributed by atoms with Crippen molar-refractivity contribution in [2.75, 3.05) is 20.2 Å². The zero-order chi connectivity index (χ0) is 19.3. The maximum Gasteiger partial charge on any atom is 0.253 e. The molecule has 5 heteroatoms. The minimum atomic E-state index is 0.102. The van der Waals surface area contributed by atoms with Crippen molar-refractivity contribution in [3.8, 4) is 5.75 Å². The van der Waals surface area contributed by atoms with Gasteiger partial charge in [0, 0.05) is 35.7 Å². The van der Waals surface area contributed by atoms with E-state index in [1.54, 1.807) is 25.1 Å². The van der Waals surface area contributed by atoms with Crippen molar-refractivity contribution >= 4 is 17.7 Å². The second-order valence-corrected chi connectivity index (χ2v) is 7.90. The van der Waals surface area contributed by atoms with E-state index < -0.39 is 0 Å². The summed E-state index contributed by atoms with van der Waals surface area (Å²) >= 11 is 1.59. The molecule has 0 aliphatic carbocycles. The molecule has 1 atom stereocenters.